The van der Waals surface area contributed by atoms with Crippen molar-refractivity contribution in [3.05, 3.63) is 65.5 Å². The Bertz CT molecular complexity index is 783. The van der Waals surface area contributed by atoms with Crippen LogP contribution >= 0.6 is 0 Å². The molecular weight excluding hydrogens is 324 g/mol. The molecule has 1 aliphatic carbocycles. The second-order valence-corrected chi connectivity index (χ2v) is 6.65. The molecule has 6 heteroatoms. The second kappa shape index (κ2) is 6.52. The topological polar surface area (TPSA) is 45.2 Å². The molecule has 0 radical (unpaired) electrons. The molecule has 25 heavy (non-hydrogen) atoms. The van der Waals surface area contributed by atoms with Crippen LogP contribution in [0.2, 0.25) is 0 Å². The van der Waals surface area contributed by atoms with Gasteiger partial charge in [0.15, 0.2) is 0 Å². The van der Waals surface area contributed by atoms with Gasteiger partial charge < -0.3 is 10.2 Å². The van der Waals surface area contributed by atoms with Gasteiger partial charge in [0.05, 0.1) is 6.04 Å². The number of nitrogens with one attached hydrogen (secondary N) is 1. The third-order valence-electron chi connectivity index (χ3n) is 5.07. The summed E-state index contributed by atoms with van der Waals surface area (Å²) in [5.41, 5.74) is 1.43. The van der Waals surface area contributed by atoms with Gasteiger partial charge in [-0.3, -0.25) is 9.78 Å². The van der Waals surface area contributed by atoms with E-state index in [4.69, 9.17) is 0 Å². The molecule has 1 aliphatic heterocycles. The van der Waals surface area contributed by atoms with Crippen molar-refractivity contribution in [3.63, 3.8) is 0 Å². The van der Waals surface area contributed by atoms with Crippen molar-refractivity contribution in [2.24, 2.45) is 5.92 Å². The number of carbonyl (C=O) groups is 1. The Morgan fingerprint density at radius 1 is 1.28 bits per heavy atom. The van der Waals surface area contributed by atoms with Crippen molar-refractivity contribution in [1.29, 1.82) is 0 Å². The van der Waals surface area contributed by atoms with Crippen LogP contribution in [0.25, 0.3) is 0 Å². The van der Waals surface area contributed by atoms with Crippen molar-refractivity contribution >= 4 is 5.91 Å². The predicted molar refractivity (Wildman–Crippen MR) is 88.8 cm³/mol. The zero-order chi connectivity index (χ0) is 17.4. The number of rotatable bonds is 3. The first-order chi connectivity index (χ1) is 12.1. The van der Waals surface area contributed by atoms with Gasteiger partial charge in [0, 0.05) is 44.0 Å². The Labute approximate surface area is 144 Å². The first-order valence-electron chi connectivity index (χ1n) is 8.51. The summed E-state index contributed by atoms with van der Waals surface area (Å²) in [6.45, 7) is 2.04. The molecule has 4 rings (SSSR count). The van der Waals surface area contributed by atoms with E-state index in [1.165, 1.54) is 12.1 Å². The molecule has 1 amide bonds. The minimum atomic E-state index is -0.594. The zero-order valence-electron chi connectivity index (χ0n) is 13.7. The summed E-state index contributed by atoms with van der Waals surface area (Å²) in [5, 5.41) is 3.31. The number of aromatic nitrogens is 1. The van der Waals surface area contributed by atoms with Crippen LogP contribution in [0.5, 0.6) is 0 Å². The molecule has 4 nitrogen and oxygen atoms in total. The molecule has 1 saturated heterocycles. The van der Waals surface area contributed by atoms with Gasteiger partial charge in [-0.1, -0.05) is 12.1 Å². The molecular formula is C19H19F2N3O. The SMILES string of the molecule is O=C(C1CC1c1ccc(F)cc1F)N1CCNCC1c1cccnc1. The molecule has 2 heterocycles. The molecule has 0 spiro atoms. The van der Waals surface area contributed by atoms with Gasteiger partial charge in [0.2, 0.25) is 5.91 Å². The third-order valence-corrected chi connectivity index (χ3v) is 5.07. The average Bonchev–Trinajstić information content (AvgIpc) is 3.42. The molecule has 2 aliphatic rings. The molecule has 3 atom stereocenters. The first-order valence-corrected chi connectivity index (χ1v) is 8.51. The van der Waals surface area contributed by atoms with Gasteiger partial charge >= 0.3 is 0 Å². The number of benzene rings is 1. The van der Waals surface area contributed by atoms with Crippen LogP contribution in [-0.4, -0.2) is 35.4 Å². The summed E-state index contributed by atoms with van der Waals surface area (Å²) >= 11 is 0. The Kier molecular flexibility index (Phi) is 4.21. The molecule has 2 aromatic rings. The summed E-state index contributed by atoms with van der Waals surface area (Å²) in [7, 11) is 0. The molecule has 1 aromatic carbocycles. The van der Waals surface area contributed by atoms with E-state index < -0.39 is 11.6 Å². The van der Waals surface area contributed by atoms with E-state index in [0.717, 1.165) is 18.2 Å². The highest BCUT2D eigenvalue weighted by atomic mass is 19.1. The Morgan fingerprint density at radius 2 is 2.16 bits per heavy atom. The van der Waals surface area contributed by atoms with Crippen molar-refractivity contribution in [1.82, 2.24) is 15.2 Å². The summed E-state index contributed by atoms with van der Waals surface area (Å²) < 4.78 is 27.1. The summed E-state index contributed by atoms with van der Waals surface area (Å²) in [4.78, 5) is 19.0. The Hall–Kier alpha value is -2.34. The van der Waals surface area contributed by atoms with Gasteiger partial charge in [-0.15, -0.1) is 0 Å². The Balaban J connectivity index is 1.52. The van der Waals surface area contributed by atoms with Crippen molar-refractivity contribution in [3.8, 4) is 0 Å². The van der Waals surface area contributed by atoms with Crippen LogP contribution in [0.3, 0.4) is 0 Å². The number of pyridine rings is 1. The maximum Gasteiger partial charge on any atom is 0.226 e. The van der Waals surface area contributed by atoms with E-state index in [1.807, 2.05) is 17.0 Å². The molecule has 0 bridgehead atoms. The maximum absolute atomic E-state index is 14.0. The first kappa shape index (κ1) is 16.1. The number of halogens is 2. The highest BCUT2D eigenvalue weighted by Crippen LogP contribution is 2.50. The van der Waals surface area contributed by atoms with Crippen LogP contribution in [0.15, 0.2) is 42.7 Å². The number of hydrogen-bond acceptors (Lipinski definition) is 3. The smallest absolute Gasteiger partial charge is 0.226 e. The summed E-state index contributed by atoms with van der Waals surface area (Å²) in [6.07, 6.45) is 4.10. The van der Waals surface area contributed by atoms with Crippen LogP contribution in [0.1, 0.15) is 29.5 Å². The minimum Gasteiger partial charge on any atom is -0.333 e. The van der Waals surface area contributed by atoms with E-state index in [2.05, 4.69) is 10.3 Å². The summed E-state index contributed by atoms with van der Waals surface area (Å²) in [6, 6.07) is 7.36. The van der Waals surface area contributed by atoms with E-state index in [9.17, 15) is 13.6 Å². The number of amides is 1. The highest BCUT2D eigenvalue weighted by molar-refractivity contribution is 5.83. The van der Waals surface area contributed by atoms with Gasteiger partial charge in [-0.05, 0) is 35.6 Å². The predicted octanol–water partition coefficient (Wildman–Crippen LogP) is 2.64. The molecule has 130 valence electrons. The second-order valence-electron chi connectivity index (χ2n) is 6.65. The molecule has 1 aromatic heterocycles. The zero-order valence-corrected chi connectivity index (χ0v) is 13.7. The highest BCUT2D eigenvalue weighted by Gasteiger charge is 2.48. The van der Waals surface area contributed by atoms with Crippen LogP contribution < -0.4 is 5.32 Å². The largest absolute Gasteiger partial charge is 0.333 e. The number of piperazine rings is 1. The van der Waals surface area contributed by atoms with Gasteiger partial charge in [-0.2, -0.15) is 0 Å². The normalized spacial score (nSPS) is 25.7. The van der Waals surface area contributed by atoms with E-state index in [0.29, 0.717) is 25.1 Å². The number of nitrogens with zero attached hydrogens (tertiary/aromatic N) is 2. The lowest BCUT2D eigenvalue weighted by Crippen LogP contribution is -2.49. The lowest BCUT2D eigenvalue weighted by atomic mass is 10.0. The van der Waals surface area contributed by atoms with Gasteiger partial charge in [0.1, 0.15) is 11.6 Å². The molecule has 2 fully saturated rings. The standard InChI is InChI=1S/C19H19F2N3O/c20-13-3-4-14(17(21)8-13)15-9-16(15)19(25)24-7-6-23-11-18(24)12-2-1-5-22-10-12/h1-5,8,10,15-16,18,23H,6-7,9,11H2. The molecule has 1 N–H and O–H groups in total. The molecule has 3 unspecified atom stereocenters. The lowest BCUT2D eigenvalue weighted by molar-refractivity contribution is -0.136. The maximum atomic E-state index is 14.0. The average molecular weight is 343 g/mol. The number of carbonyl (C=O) groups excluding carboxylic acids is 1. The van der Waals surface area contributed by atoms with Crippen molar-refractivity contribution < 1.29 is 13.6 Å². The monoisotopic (exact) mass is 343 g/mol. The van der Waals surface area contributed by atoms with Crippen molar-refractivity contribution in [2.45, 2.75) is 18.4 Å². The fraction of sp³-hybridized carbons (Fsp3) is 0.368. The van der Waals surface area contributed by atoms with Crippen LogP contribution in [0.4, 0.5) is 8.78 Å². The number of hydrogen-bond donors (Lipinski definition) is 1. The van der Waals surface area contributed by atoms with E-state index >= 15 is 0 Å². The van der Waals surface area contributed by atoms with Crippen LogP contribution in [0, 0.1) is 17.6 Å². The third kappa shape index (κ3) is 3.14. The van der Waals surface area contributed by atoms with Gasteiger partial charge in [-0.25, -0.2) is 8.78 Å². The van der Waals surface area contributed by atoms with Crippen LogP contribution in [-0.2, 0) is 4.79 Å². The quantitative estimate of drug-likeness (QED) is 0.932. The fourth-order valence-corrected chi connectivity index (χ4v) is 3.67. The van der Waals surface area contributed by atoms with Gasteiger partial charge in [0.25, 0.3) is 0 Å². The fourth-order valence-electron chi connectivity index (χ4n) is 3.67. The Morgan fingerprint density at radius 3 is 2.92 bits per heavy atom. The lowest BCUT2D eigenvalue weighted by Gasteiger charge is -2.36. The van der Waals surface area contributed by atoms with Crippen molar-refractivity contribution in [2.75, 3.05) is 19.6 Å². The summed E-state index contributed by atoms with van der Waals surface area (Å²) in [5.74, 6) is -1.49. The minimum absolute atomic E-state index is 0.0454. The molecule has 1 saturated carbocycles. The van der Waals surface area contributed by atoms with E-state index in [1.54, 1.807) is 12.4 Å². The van der Waals surface area contributed by atoms with E-state index in [-0.39, 0.29) is 23.8 Å².